The molecule has 0 spiro atoms. The Kier molecular flexibility index (Phi) is 3.97. The number of benzene rings is 2. The van der Waals surface area contributed by atoms with E-state index in [2.05, 4.69) is 15.9 Å². The SMILES string of the molecule is Nc1ccc(Br)cc1S(=O)Cc1ccccc1. The van der Waals surface area contributed by atoms with E-state index in [4.69, 9.17) is 5.73 Å². The average Bonchev–Trinajstić information content (AvgIpc) is 2.33. The quantitative estimate of drug-likeness (QED) is 0.884. The summed E-state index contributed by atoms with van der Waals surface area (Å²) in [5, 5.41) is 0. The molecule has 2 aromatic rings. The molecule has 0 fully saturated rings. The Morgan fingerprint density at radius 2 is 1.82 bits per heavy atom. The number of nitrogen functional groups attached to an aromatic ring is 1. The number of halogens is 1. The van der Waals surface area contributed by atoms with Gasteiger partial charge in [-0.15, -0.1) is 0 Å². The Balaban J connectivity index is 2.23. The second kappa shape index (κ2) is 5.47. The molecule has 0 radical (unpaired) electrons. The van der Waals surface area contributed by atoms with Crippen molar-refractivity contribution >= 4 is 32.4 Å². The highest BCUT2D eigenvalue weighted by atomic mass is 79.9. The summed E-state index contributed by atoms with van der Waals surface area (Å²) in [6, 6.07) is 15.2. The van der Waals surface area contributed by atoms with Crippen molar-refractivity contribution in [1.82, 2.24) is 0 Å². The van der Waals surface area contributed by atoms with Gasteiger partial charge < -0.3 is 5.73 Å². The van der Waals surface area contributed by atoms with Gasteiger partial charge >= 0.3 is 0 Å². The summed E-state index contributed by atoms with van der Waals surface area (Å²) in [6.45, 7) is 0. The van der Waals surface area contributed by atoms with Crippen molar-refractivity contribution in [2.45, 2.75) is 10.6 Å². The molecule has 0 heterocycles. The molecule has 17 heavy (non-hydrogen) atoms. The lowest BCUT2D eigenvalue weighted by Gasteiger charge is -2.06. The molecule has 0 saturated carbocycles. The maximum atomic E-state index is 12.2. The van der Waals surface area contributed by atoms with E-state index in [-0.39, 0.29) is 0 Å². The second-order valence-corrected chi connectivity index (χ2v) is 5.99. The Labute approximate surface area is 111 Å². The smallest absolute Gasteiger partial charge is 0.0632 e. The van der Waals surface area contributed by atoms with Gasteiger partial charge in [0.2, 0.25) is 0 Å². The summed E-state index contributed by atoms with van der Waals surface area (Å²) in [5.41, 5.74) is 7.45. The highest BCUT2D eigenvalue weighted by molar-refractivity contribution is 9.10. The molecular formula is C13H12BrNOS. The zero-order chi connectivity index (χ0) is 12.3. The van der Waals surface area contributed by atoms with Gasteiger partial charge in [0.25, 0.3) is 0 Å². The van der Waals surface area contributed by atoms with E-state index in [1.54, 1.807) is 6.07 Å². The molecule has 0 aromatic heterocycles. The third-order valence-corrected chi connectivity index (χ3v) is 4.29. The second-order valence-electron chi connectivity index (χ2n) is 3.66. The molecule has 1 unspecified atom stereocenters. The summed E-state index contributed by atoms with van der Waals surface area (Å²) in [7, 11) is -1.11. The van der Waals surface area contributed by atoms with Crippen LogP contribution in [0.4, 0.5) is 5.69 Å². The largest absolute Gasteiger partial charge is 0.398 e. The van der Waals surface area contributed by atoms with Gasteiger partial charge in [0.15, 0.2) is 0 Å². The molecule has 2 rings (SSSR count). The van der Waals surface area contributed by atoms with E-state index < -0.39 is 10.8 Å². The molecule has 0 aliphatic heterocycles. The van der Waals surface area contributed by atoms with Gasteiger partial charge in [-0.3, -0.25) is 4.21 Å². The van der Waals surface area contributed by atoms with Gasteiger partial charge in [0.1, 0.15) is 0 Å². The normalized spacial score (nSPS) is 12.3. The van der Waals surface area contributed by atoms with Crippen LogP contribution in [0.5, 0.6) is 0 Å². The van der Waals surface area contributed by atoms with E-state index in [9.17, 15) is 4.21 Å². The van der Waals surface area contributed by atoms with Crippen molar-refractivity contribution in [3.63, 3.8) is 0 Å². The summed E-state index contributed by atoms with van der Waals surface area (Å²) < 4.78 is 13.1. The number of hydrogen-bond acceptors (Lipinski definition) is 2. The fourth-order valence-electron chi connectivity index (χ4n) is 1.51. The van der Waals surface area contributed by atoms with Crippen LogP contribution in [0.3, 0.4) is 0 Å². The van der Waals surface area contributed by atoms with E-state index in [0.717, 1.165) is 10.0 Å². The molecule has 88 valence electrons. The third-order valence-electron chi connectivity index (χ3n) is 2.36. The summed E-state index contributed by atoms with van der Waals surface area (Å²) in [4.78, 5) is 0.684. The van der Waals surface area contributed by atoms with Gasteiger partial charge in [0, 0.05) is 10.2 Å². The Morgan fingerprint density at radius 1 is 1.12 bits per heavy atom. The van der Waals surface area contributed by atoms with Gasteiger partial charge in [-0.1, -0.05) is 46.3 Å². The molecule has 2 nitrogen and oxygen atoms in total. The molecule has 0 saturated heterocycles. The number of hydrogen-bond donors (Lipinski definition) is 1. The van der Waals surface area contributed by atoms with Crippen LogP contribution in [-0.4, -0.2) is 4.21 Å². The monoisotopic (exact) mass is 309 g/mol. The fourth-order valence-corrected chi connectivity index (χ4v) is 3.26. The maximum absolute atomic E-state index is 12.2. The molecule has 0 aliphatic carbocycles. The van der Waals surface area contributed by atoms with Crippen LogP contribution in [0, 0.1) is 0 Å². The molecule has 0 amide bonds. The zero-order valence-corrected chi connectivity index (χ0v) is 11.5. The van der Waals surface area contributed by atoms with Crippen molar-refractivity contribution in [2.75, 3.05) is 5.73 Å². The Bertz CT molecular complexity index is 542. The fraction of sp³-hybridized carbons (Fsp3) is 0.0769. The van der Waals surface area contributed by atoms with Crippen LogP contribution in [0.25, 0.3) is 0 Å². The van der Waals surface area contributed by atoms with Crippen molar-refractivity contribution in [2.24, 2.45) is 0 Å². The van der Waals surface area contributed by atoms with Crippen LogP contribution in [0.1, 0.15) is 5.56 Å². The first kappa shape index (κ1) is 12.3. The summed E-state index contributed by atoms with van der Waals surface area (Å²) >= 11 is 3.36. The molecule has 2 aromatic carbocycles. The molecule has 0 aliphatic rings. The minimum absolute atomic E-state index is 0.488. The minimum atomic E-state index is -1.11. The maximum Gasteiger partial charge on any atom is 0.0632 e. The van der Waals surface area contributed by atoms with Gasteiger partial charge in [-0.25, -0.2) is 0 Å². The number of rotatable bonds is 3. The van der Waals surface area contributed by atoms with Crippen LogP contribution in [-0.2, 0) is 16.6 Å². The van der Waals surface area contributed by atoms with Crippen LogP contribution in [0.15, 0.2) is 57.9 Å². The molecule has 2 N–H and O–H groups in total. The van der Waals surface area contributed by atoms with Crippen LogP contribution >= 0.6 is 15.9 Å². The van der Waals surface area contributed by atoms with Gasteiger partial charge in [-0.2, -0.15) is 0 Å². The molecular weight excluding hydrogens is 298 g/mol. The van der Waals surface area contributed by atoms with E-state index in [1.807, 2.05) is 42.5 Å². The lowest BCUT2D eigenvalue weighted by atomic mass is 10.2. The van der Waals surface area contributed by atoms with Gasteiger partial charge in [-0.05, 0) is 23.8 Å². The zero-order valence-electron chi connectivity index (χ0n) is 9.10. The van der Waals surface area contributed by atoms with Gasteiger partial charge in [0.05, 0.1) is 21.4 Å². The Hall–Kier alpha value is -1.13. The lowest BCUT2D eigenvalue weighted by Crippen LogP contribution is -2.00. The first-order chi connectivity index (χ1) is 8.16. The topological polar surface area (TPSA) is 43.1 Å². The third kappa shape index (κ3) is 3.17. The van der Waals surface area contributed by atoms with E-state index in [0.29, 0.717) is 16.3 Å². The molecule has 1 atom stereocenters. The molecule has 4 heteroatoms. The van der Waals surface area contributed by atoms with Crippen molar-refractivity contribution in [3.8, 4) is 0 Å². The van der Waals surface area contributed by atoms with E-state index in [1.165, 1.54) is 0 Å². The van der Waals surface area contributed by atoms with Crippen LogP contribution < -0.4 is 5.73 Å². The minimum Gasteiger partial charge on any atom is -0.398 e. The predicted octanol–water partition coefficient (Wildman–Crippen LogP) is 3.34. The summed E-state index contributed by atoms with van der Waals surface area (Å²) in [6.07, 6.45) is 0. The van der Waals surface area contributed by atoms with Crippen molar-refractivity contribution in [1.29, 1.82) is 0 Å². The highest BCUT2D eigenvalue weighted by Gasteiger charge is 2.09. The highest BCUT2D eigenvalue weighted by Crippen LogP contribution is 2.23. The lowest BCUT2D eigenvalue weighted by molar-refractivity contribution is 0.683. The number of nitrogens with two attached hydrogens (primary N) is 1. The first-order valence-electron chi connectivity index (χ1n) is 5.14. The van der Waals surface area contributed by atoms with Crippen molar-refractivity contribution in [3.05, 3.63) is 58.6 Å². The Morgan fingerprint density at radius 3 is 2.53 bits per heavy atom. The van der Waals surface area contributed by atoms with Crippen LogP contribution in [0.2, 0.25) is 0 Å². The van der Waals surface area contributed by atoms with E-state index >= 15 is 0 Å². The number of anilines is 1. The average molecular weight is 310 g/mol. The van der Waals surface area contributed by atoms with Crippen molar-refractivity contribution < 1.29 is 4.21 Å². The standard InChI is InChI=1S/C13H12BrNOS/c14-11-6-7-12(15)13(8-11)17(16)9-10-4-2-1-3-5-10/h1-8H,9,15H2. The summed E-state index contributed by atoms with van der Waals surface area (Å²) in [5.74, 6) is 0.488. The molecule has 0 bridgehead atoms. The first-order valence-corrected chi connectivity index (χ1v) is 7.25. The predicted molar refractivity (Wildman–Crippen MR) is 75.1 cm³/mol.